The van der Waals surface area contributed by atoms with Gasteiger partial charge in [0.15, 0.2) is 0 Å². The minimum atomic E-state index is -1.22. The van der Waals surface area contributed by atoms with Crippen molar-refractivity contribution in [3.8, 4) is 0 Å². The van der Waals surface area contributed by atoms with Crippen molar-refractivity contribution in [3.05, 3.63) is 12.2 Å². The third kappa shape index (κ3) is 5.28. The second-order valence-electron chi connectivity index (χ2n) is 2.44. The number of aliphatic carboxylic acids is 1. The number of carboxylic acid groups (broad SMARTS) is 1. The first-order chi connectivity index (χ1) is 6.61. The lowest BCUT2D eigenvalue weighted by Gasteiger charge is -2.18. The lowest BCUT2D eigenvalue weighted by atomic mass is 10.4. The van der Waals surface area contributed by atoms with Crippen molar-refractivity contribution in [2.24, 2.45) is 0 Å². The Labute approximate surface area is 81.1 Å². The van der Waals surface area contributed by atoms with Gasteiger partial charge in [-0.25, -0.2) is 4.79 Å². The molecule has 1 amide bonds. The minimum absolute atomic E-state index is 0.0728. The number of hydrogen-bond donors (Lipinski definition) is 3. The van der Waals surface area contributed by atoms with Crippen LogP contribution in [0, 0.1) is 0 Å². The van der Waals surface area contributed by atoms with Gasteiger partial charge in [0.25, 0.3) is 0 Å². The minimum Gasteiger partial charge on any atom is -0.478 e. The van der Waals surface area contributed by atoms with E-state index in [0.717, 1.165) is 11.0 Å². The molecule has 0 aliphatic heterocycles. The second kappa shape index (κ2) is 7.05. The summed E-state index contributed by atoms with van der Waals surface area (Å²) in [6.45, 7) is -0.313. The smallest absolute Gasteiger partial charge is 0.328 e. The summed E-state index contributed by atoms with van der Waals surface area (Å²) in [5, 5.41) is 25.4. The molecule has 0 unspecified atom stereocenters. The number of rotatable bonds is 6. The van der Waals surface area contributed by atoms with Gasteiger partial charge in [0.1, 0.15) is 0 Å². The summed E-state index contributed by atoms with van der Waals surface area (Å²) in [7, 11) is 0. The van der Waals surface area contributed by atoms with Gasteiger partial charge in [-0.3, -0.25) is 4.79 Å². The van der Waals surface area contributed by atoms with E-state index in [4.69, 9.17) is 15.3 Å². The van der Waals surface area contributed by atoms with Gasteiger partial charge in [0, 0.05) is 25.2 Å². The second-order valence-corrected chi connectivity index (χ2v) is 2.44. The van der Waals surface area contributed by atoms with Crippen LogP contribution in [0.1, 0.15) is 0 Å². The normalized spacial score (nSPS) is 10.4. The molecule has 14 heavy (non-hydrogen) atoms. The molecule has 0 atom stereocenters. The van der Waals surface area contributed by atoms with Crippen LogP contribution in [0.15, 0.2) is 12.2 Å². The maximum absolute atomic E-state index is 11.2. The molecule has 0 aromatic rings. The van der Waals surface area contributed by atoms with Crippen LogP contribution in [0.2, 0.25) is 0 Å². The van der Waals surface area contributed by atoms with E-state index >= 15 is 0 Å². The van der Waals surface area contributed by atoms with Crippen molar-refractivity contribution in [2.45, 2.75) is 0 Å². The van der Waals surface area contributed by atoms with Gasteiger partial charge < -0.3 is 20.2 Å². The SMILES string of the molecule is O=C(O)C=CC(=O)N(CCO)CCO. The Kier molecular flexibility index (Phi) is 6.34. The van der Waals surface area contributed by atoms with E-state index in [0.29, 0.717) is 6.08 Å². The maximum atomic E-state index is 11.2. The quantitative estimate of drug-likeness (QED) is 0.453. The van der Waals surface area contributed by atoms with Crippen LogP contribution in [0.4, 0.5) is 0 Å². The summed E-state index contributed by atoms with van der Waals surface area (Å²) in [6.07, 6.45) is 1.59. The van der Waals surface area contributed by atoms with E-state index in [1.807, 2.05) is 0 Å². The first-order valence-corrected chi connectivity index (χ1v) is 4.03. The van der Waals surface area contributed by atoms with E-state index in [1.54, 1.807) is 0 Å². The van der Waals surface area contributed by atoms with Gasteiger partial charge in [0.2, 0.25) is 5.91 Å². The number of carbonyl (C=O) groups is 2. The molecule has 0 aliphatic rings. The molecule has 0 bridgehead atoms. The first kappa shape index (κ1) is 12.6. The zero-order valence-corrected chi connectivity index (χ0v) is 7.59. The molecule has 0 fully saturated rings. The van der Waals surface area contributed by atoms with Crippen LogP contribution in [-0.4, -0.2) is 58.4 Å². The number of carboxylic acids is 1. The number of aliphatic hydroxyl groups excluding tert-OH is 2. The van der Waals surface area contributed by atoms with Gasteiger partial charge in [-0.1, -0.05) is 0 Å². The predicted octanol–water partition coefficient (Wildman–Crippen LogP) is -1.56. The number of nitrogens with zero attached hydrogens (tertiary/aromatic N) is 1. The molecular weight excluding hydrogens is 190 g/mol. The third-order valence-corrected chi connectivity index (χ3v) is 1.42. The maximum Gasteiger partial charge on any atom is 0.328 e. The predicted molar refractivity (Wildman–Crippen MR) is 47.5 cm³/mol. The van der Waals surface area contributed by atoms with Crippen molar-refractivity contribution in [1.82, 2.24) is 4.90 Å². The molecule has 0 heterocycles. The molecule has 0 aliphatic carbocycles. The Morgan fingerprint density at radius 2 is 1.57 bits per heavy atom. The molecule has 0 radical (unpaired) electrons. The standard InChI is InChI=1S/C8H13NO5/c10-5-3-9(4-6-11)7(12)1-2-8(13)14/h1-2,10-11H,3-6H2,(H,13,14). The van der Waals surface area contributed by atoms with Gasteiger partial charge in [0.05, 0.1) is 13.2 Å². The van der Waals surface area contributed by atoms with Crippen molar-refractivity contribution >= 4 is 11.9 Å². The fourth-order valence-corrected chi connectivity index (χ4v) is 0.822. The fraction of sp³-hybridized carbons (Fsp3) is 0.500. The fourth-order valence-electron chi connectivity index (χ4n) is 0.822. The van der Waals surface area contributed by atoms with Crippen molar-refractivity contribution in [2.75, 3.05) is 26.3 Å². The summed E-state index contributed by atoms with van der Waals surface area (Å²) in [5.74, 6) is -1.76. The van der Waals surface area contributed by atoms with Crippen LogP contribution in [-0.2, 0) is 9.59 Å². The van der Waals surface area contributed by atoms with E-state index < -0.39 is 11.9 Å². The van der Waals surface area contributed by atoms with Crippen LogP contribution >= 0.6 is 0 Å². The topological polar surface area (TPSA) is 98.1 Å². The number of amides is 1. The Balaban J connectivity index is 4.20. The Morgan fingerprint density at radius 1 is 1.07 bits per heavy atom. The van der Waals surface area contributed by atoms with Gasteiger partial charge >= 0.3 is 5.97 Å². The highest BCUT2D eigenvalue weighted by Gasteiger charge is 2.08. The highest BCUT2D eigenvalue weighted by molar-refractivity contribution is 5.93. The van der Waals surface area contributed by atoms with Crippen LogP contribution in [0.3, 0.4) is 0 Å². The zero-order valence-electron chi connectivity index (χ0n) is 7.59. The van der Waals surface area contributed by atoms with Crippen molar-refractivity contribution < 1.29 is 24.9 Å². The molecule has 0 aromatic heterocycles. The summed E-state index contributed by atoms with van der Waals surface area (Å²) in [4.78, 5) is 22.4. The zero-order chi connectivity index (χ0) is 11.0. The molecule has 0 rings (SSSR count). The lowest BCUT2D eigenvalue weighted by molar-refractivity contribution is -0.132. The van der Waals surface area contributed by atoms with E-state index in [9.17, 15) is 9.59 Å². The van der Waals surface area contributed by atoms with Crippen LogP contribution < -0.4 is 0 Å². The van der Waals surface area contributed by atoms with Crippen LogP contribution in [0.5, 0.6) is 0 Å². The van der Waals surface area contributed by atoms with E-state index in [-0.39, 0.29) is 26.3 Å². The molecule has 0 saturated carbocycles. The van der Waals surface area contributed by atoms with Crippen LogP contribution in [0.25, 0.3) is 0 Å². The third-order valence-electron chi connectivity index (χ3n) is 1.42. The summed E-state index contributed by atoms with van der Waals surface area (Å²) in [6, 6.07) is 0. The number of aliphatic hydroxyl groups is 2. The van der Waals surface area contributed by atoms with E-state index in [1.165, 1.54) is 0 Å². The molecular formula is C8H13NO5. The number of hydrogen-bond acceptors (Lipinski definition) is 4. The molecule has 6 heteroatoms. The van der Waals surface area contributed by atoms with Crippen molar-refractivity contribution in [3.63, 3.8) is 0 Å². The highest BCUT2D eigenvalue weighted by atomic mass is 16.4. The largest absolute Gasteiger partial charge is 0.478 e. The molecule has 3 N–H and O–H groups in total. The van der Waals surface area contributed by atoms with E-state index in [2.05, 4.69) is 0 Å². The lowest BCUT2D eigenvalue weighted by Crippen LogP contribution is -2.34. The van der Waals surface area contributed by atoms with Gasteiger partial charge in [-0.05, 0) is 0 Å². The summed E-state index contributed by atoms with van der Waals surface area (Å²) >= 11 is 0. The first-order valence-electron chi connectivity index (χ1n) is 4.03. The summed E-state index contributed by atoms with van der Waals surface area (Å²) in [5.41, 5.74) is 0. The van der Waals surface area contributed by atoms with Crippen molar-refractivity contribution in [1.29, 1.82) is 0 Å². The highest BCUT2D eigenvalue weighted by Crippen LogP contribution is 1.90. The van der Waals surface area contributed by atoms with Gasteiger partial charge in [-0.15, -0.1) is 0 Å². The average molecular weight is 203 g/mol. The monoisotopic (exact) mass is 203 g/mol. The molecule has 0 spiro atoms. The number of carbonyl (C=O) groups excluding carboxylic acids is 1. The molecule has 80 valence electrons. The Morgan fingerprint density at radius 3 is 1.93 bits per heavy atom. The molecule has 0 saturated heterocycles. The average Bonchev–Trinajstić information content (AvgIpc) is 2.14. The Bertz CT molecular complexity index is 220. The molecule has 6 nitrogen and oxygen atoms in total. The summed E-state index contributed by atoms with van der Waals surface area (Å²) < 4.78 is 0. The molecule has 0 aromatic carbocycles. The Hall–Kier alpha value is -1.40. The van der Waals surface area contributed by atoms with Gasteiger partial charge in [-0.2, -0.15) is 0 Å².